The van der Waals surface area contributed by atoms with Crippen molar-refractivity contribution in [3.05, 3.63) is 47.1 Å². The molecule has 1 aliphatic heterocycles. The van der Waals surface area contributed by atoms with E-state index in [1.165, 1.54) is 17.2 Å². The number of benzene rings is 1. The number of aromatic nitrogens is 4. The van der Waals surface area contributed by atoms with E-state index < -0.39 is 0 Å². The average molecular weight is 435 g/mol. The normalized spacial score (nSPS) is 23.6. The highest BCUT2D eigenvalue weighted by molar-refractivity contribution is 5.98. The van der Waals surface area contributed by atoms with Crippen molar-refractivity contribution in [2.75, 3.05) is 11.9 Å². The molecular formula is C23H26N6O3. The number of para-hydroxylation sites is 2. The van der Waals surface area contributed by atoms with Crippen LogP contribution < -0.4 is 10.9 Å². The molecule has 32 heavy (non-hydrogen) atoms. The Morgan fingerprint density at radius 2 is 1.94 bits per heavy atom. The number of carbonyl (C=O) groups is 2. The Kier molecular flexibility index (Phi) is 5.24. The quantitative estimate of drug-likeness (QED) is 0.655. The first-order chi connectivity index (χ1) is 15.5. The second kappa shape index (κ2) is 8.22. The van der Waals surface area contributed by atoms with E-state index >= 15 is 0 Å². The molecule has 2 amide bonds. The van der Waals surface area contributed by atoms with E-state index in [1.54, 1.807) is 12.1 Å². The van der Waals surface area contributed by atoms with Crippen LogP contribution in [0.1, 0.15) is 39.0 Å². The molecule has 0 spiro atoms. The van der Waals surface area contributed by atoms with Crippen LogP contribution in [0.15, 0.2) is 41.6 Å². The van der Waals surface area contributed by atoms with E-state index in [-0.39, 0.29) is 35.8 Å². The standard InChI is InChI=1S/C23H26N6O3/c1-14-6-8-16(9-7-14)28-12-15(10-20(28)30)22(31)27-18-4-2-3-5-19(18)29-21-17(11-26-29)23(32)25-13-24-21/h2-5,11,13-16H,6-10,12H2,1H3,(H,27,31)(H,24,25,32). The van der Waals surface area contributed by atoms with Gasteiger partial charge in [-0.25, -0.2) is 9.67 Å². The SMILES string of the molecule is CC1CCC(N2CC(C(=O)Nc3ccccc3-n3ncc4c(=O)[nH]cnc43)CC2=O)CC1. The summed E-state index contributed by atoms with van der Waals surface area (Å²) in [4.78, 5) is 46.4. The van der Waals surface area contributed by atoms with Crippen molar-refractivity contribution < 1.29 is 9.59 Å². The van der Waals surface area contributed by atoms with Crippen molar-refractivity contribution in [3.63, 3.8) is 0 Å². The molecule has 1 atom stereocenters. The third kappa shape index (κ3) is 3.68. The summed E-state index contributed by atoms with van der Waals surface area (Å²) >= 11 is 0. The summed E-state index contributed by atoms with van der Waals surface area (Å²) in [5.41, 5.74) is 1.30. The smallest absolute Gasteiger partial charge is 0.261 e. The number of H-pyrrole nitrogens is 1. The maximum atomic E-state index is 13.1. The van der Waals surface area contributed by atoms with Crippen molar-refractivity contribution >= 4 is 28.5 Å². The first kappa shape index (κ1) is 20.4. The Labute approximate surface area is 184 Å². The highest BCUT2D eigenvalue weighted by Gasteiger charge is 2.38. The molecule has 1 aromatic carbocycles. The van der Waals surface area contributed by atoms with Gasteiger partial charge in [0.15, 0.2) is 5.65 Å². The number of nitrogens with zero attached hydrogens (tertiary/aromatic N) is 4. The van der Waals surface area contributed by atoms with Gasteiger partial charge in [0.05, 0.1) is 29.8 Å². The predicted octanol–water partition coefficient (Wildman–Crippen LogP) is 2.47. The van der Waals surface area contributed by atoms with Gasteiger partial charge in [-0.15, -0.1) is 0 Å². The van der Waals surface area contributed by atoms with Crippen LogP contribution >= 0.6 is 0 Å². The Hall–Kier alpha value is -3.49. The van der Waals surface area contributed by atoms with Gasteiger partial charge < -0.3 is 15.2 Å². The number of nitrogens with one attached hydrogen (secondary N) is 2. The zero-order chi connectivity index (χ0) is 22.2. The van der Waals surface area contributed by atoms with Gasteiger partial charge in [-0.2, -0.15) is 5.10 Å². The van der Waals surface area contributed by atoms with Gasteiger partial charge in [0.2, 0.25) is 11.8 Å². The van der Waals surface area contributed by atoms with Gasteiger partial charge in [0, 0.05) is 19.0 Å². The van der Waals surface area contributed by atoms with Crippen LogP contribution in [0.5, 0.6) is 0 Å². The molecule has 3 heterocycles. The van der Waals surface area contributed by atoms with Gasteiger partial charge in [0.25, 0.3) is 5.56 Å². The molecule has 9 nitrogen and oxygen atoms in total. The lowest BCUT2D eigenvalue weighted by Gasteiger charge is -2.33. The highest BCUT2D eigenvalue weighted by atomic mass is 16.2. The summed E-state index contributed by atoms with van der Waals surface area (Å²) in [5.74, 6) is 0.215. The van der Waals surface area contributed by atoms with Crippen molar-refractivity contribution in [2.45, 2.75) is 45.1 Å². The van der Waals surface area contributed by atoms with Crippen LogP contribution in [0.3, 0.4) is 0 Å². The van der Waals surface area contributed by atoms with Gasteiger partial charge in [-0.3, -0.25) is 14.4 Å². The largest absolute Gasteiger partial charge is 0.339 e. The topological polar surface area (TPSA) is 113 Å². The first-order valence-corrected chi connectivity index (χ1v) is 11.1. The minimum Gasteiger partial charge on any atom is -0.339 e. The number of rotatable bonds is 4. The zero-order valence-electron chi connectivity index (χ0n) is 18.0. The predicted molar refractivity (Wildman–Crippen MR) is 119 cm³/mol. The highest BCUT2D eigenvalue weighted by Crippen LogP contribution is 2.32. The third-order valence-corrected chi connectivity index (χ3v) is 6.72. The Morgan fingerprint density at radius 3 is 2.75 bits per heavy atom. The fourth-order valence-corrected chi connectivity index (χ4v) is 4.85. The molecule has 1 saturated heterocycles. The molecule has 5 rings (SSSR count). The number of hydrogen-bond acceptors (Lipinski definition) is 5. The number of aromatic amines is 1. The monoisotopic (exact) mass is 434 g/mol. The molecule has 3 aromatic rings. The number of anilines is 1. The molecular weight excluding hydrogens is 408 g/mol. The molecule has 9 heteroatoms. The molecule has 2 N–H and O–H groups in total. The summed E-state index contributed by atoms with van der Waals surface area (Å²) in [5, 5.41) is 7.65. The van der Waals surface area contributed by atoms with Crippen LogP contribution in [0.4, 0.5) is 5.69 Å². The van der Waals surface area contributed by atoms with Crippen LogP contribution in [-0.4, -0.2) is 49.0 Å². The van der Waals surface area contributed by atoms with Gasteiger partial charge in [0.1, 0.15) is 5.39 Å². The van der Waals surface area contributed by atoms with Crippen LogP contribution in [-0.2, 0) is 9.59 Å². The van der Waals surface area contributed by atoms with Crippen LogP contribution in [0, 0.1) is 11.8 Å². The molecule has 1 aliphatic carbocycles. The fourth-order valence-electron chi connectivity index (χ4n) is 4.85. The molecule has 2 fully saturated rings. The lowest BCUT2D eigenvalue weighted by molar-refractivity contribution is -0.130. The van der Waals surface area contributed by atoms with E-state index in [2.05, 4.69) is 27.3 Å². The third-order valence-electron chi connectivity index (χ3n) is 6.72. The number of carbonyl (C=O) groups excluding carboxylic acids is 2. The zero-order valence-corrected chi connectivity index (χ0v) is 18.0. The molecule has 0 bridgehead atoms. The molecule has 166 valence electrons. The second-order valence-corrected chi connectivity index (χ2v) is 8.89. The van der Waals surface area contributed by atoms with E-state index in [0.717, 1.165) is 25.7 Å². The van der Waals surface area contributed by atoms with Crippen LogP contribution in [0.2, 0.25) is 0 Å². The van der Waals surface area contributed by atoms with Crippen molar-refractivity contribution in [2.24, 2.45) is 11.8 Å². The van der Waals surface area contributed by atoms with E-state index in [0.29, 0.717) is 34.9 Å². The first-order valence-electron chi connectivity index (χ1n) is 11.1. The summed E-state index contributed by atoms with van der Waals surface area (Å²) in [6.07, 6.45) is 7.32. The lowest BCUT2D eigenvalue weighted by atomic mass is 9.87. The number of amides is 2. The minimum absolute atomic E-state index is 0.0690. The van der Waals surface area contributed by atoms with Gasteiger partial charge >= 0.3 is 0 Å². The maximum Gasteiger partial charge on any atom is 0.261 e. The minimum atomic E-state index is -0.384. The van der Waals surface area contributed by atoms with E-state index in [4.69, 9.17) is 0 Å². The summed E-state index contributed by atoms with van der Waals surface area (Å²) < 4.78 is 1.54. The van der Waals surface area contributed by atoms with Crippen molar-refractivity contribution in [1.29, 1.82) is 0 Å². The lowest BCUT2D eigenvalue weighted by Crippen LogP contribution is -2.39. The maximum absolute atomic E-state index is 13.1. The second-order valence-electron chi connectivity index (χ2n) is 8.89. The van der Waals surface area contributed by atoms with Crippen molar-refractivity contribution in [1.82, 2.24) is 24.6 Å². The summed E-state index contributed by atoms with van der Waals surface area (Å²) in [6, 6.07) is 7.49. The van der Waals surface area contributed by atoms with Gasteiger partial charge in [-0.05, 0) is 43.7 Å². The van der Waals surface area contributed by atoms with Crippen molar-refractivity contribution in [3.8, 4) is 5.69 Å². The molecule has 2 aromatic heterocycles. The number of hydrogen-bond donors (Lipinski definition) is 2. The molecule has 1 unspecified atom stereocenters. The molecule has 0 radical (unpaired) electrons. The van der Waals surface area contributed by atoms with Gasteiger partial charge in [-0.1, -0.05) is 19.1 Å². The fraction of sp³-hybridized carbons (Fsp3) is 0.435. The van der Waals surface area contributed by atoms with E-state index in [9.17, 15) is 14.4 Å². The van der Waals surface area contributed by atoms with Crippen LogP contribution in [0.25, 0.3) is 16.7 Å². The average Bonchev–Trinajstić information content (AvgIpc) is 3.40. The molecule has 1 saturated carbocycles. The molecule has 2 aliphatic rings. The Balaban J connectivity index is 1.35. The summed E-state index contributed by atoms with van der Waals surface area (Å²) in [6.45, 7) is 2.72. The Morgan fingerprint density at radius 1 is 1.16 bits per heavy atom. The summed E-state index contributed by atoms with van der Waals surface area (Å²) in [7, 11) is 0. The van der Waals surface area contributed by atoms with E-state index in [1.807, 2.05) is 17.0 Å². The Bertz CT molecular complexity index is 1220. The number of likely N-dealkylation sites (tertiary alicyclic amines) is 1. The number of fused-ring (bicyclic) bond motifs is 1.